The van der Waals surface area contributed by atoms with E-state index in [-0.39, 0.29) is 0 Å². The molecule has 1 unspecified atom stereocenters. The van der Waals surface area contributed by atoms with Crippen molar-refractivity contribution in [3.63, 3.8) is 0 Å². The monoisotopic (exact) mass is 214 g/mol. The first-order chi connectivity index (χ1) is 7.27. The minimum atomic E-state index is 0.638. The van der Waals surface area contributed by atoms with Gasteiger partial charge >= 0.3 is 0 Å². The minimum absolute atomic E-state index is 0.638. The third-order valence-electron chi connectivity index (χ3n) is 3.17. The molecule has 1 N–H and O–H groups in total. The number of nitrogens with one attached hydrogen (secondary N) is 1. The van der Waals surface area contributed by atoms with E-state index in [0.717, 1.165) is 32.2 Å². The van der Waals surface area contributed by atoms with Crippen LogP contribution >= 0.6 is 0 Å². The third kappa shape index (κ3) is 5.50. The van der Waals surface area contributed by atoms with Crippen LogP contribution in [0.4, 0.5) is 0 Å². The number of hydrogen-bond acceptors (Lipinski definition) is 3. The Balaban J connectivity index is 2.00. The van der Waals surface area contributed by atoms with E-state index in [9.17, 15) is 0 Å². The summed E-state index contributed by atoms with van der Waals surface area (Å²) in [6, 6.07) is 0.638. The Bertz CT molecular complexity index is 160. The molecule has 1 fully saturated rings. The summed E-state index contributed by atoms with van der Waals surface area (Å²) in [4.78, 5) is 2.39. The smallest absolute Gasteiger partial charge is 0.0593 e. The van der Waals surface area contributed by atoms with Crippen LogP contribution in [0.2, 0.25) is 0 Å². The second kappa shape index (κ2) is 7.20. The highest BCUT2D eigenvalue weighted by Gasteiger charge is 2.21. The van der Waals surface area contributed by atoms with Crippen LogP contribution in [-0.4, -0.2) is 51.3 Å². The van der Waals surface area contributed by atoms with Crippen molar-refractivity contribution in [1.82, 2.24) is 10.2 Å². The van der Waals surface area contributed by atoms with E-state index in [0.29, 0.717) is 6.04 Å². The molecule has 1 saturated carbocycles. The molecule has 0 saturated heterocycles. The standard InChI is InChI=1S/C12H26N2O/c1-4-12(9-13-2)14(3)7-8-15-10-11-5-6-11/h11-13H,4-10H2,1-3H3. The van der Waals surface area contributed by atoms with E-state index in [2.05, 4.69) is 24.2 Å². The van der Waals surface area contributed by atoms with Crippen LogP contribution in [0.3, 0.4) is 0 Å². The SMILES string of the molecule is CCC(CNC)N(C)CCOCC1CC1. The topological polar surface area (TPSA) is 24.5 Å². The molecule has 1 rings (SSSR count). The number of ether oxygens (including phenoxy) is 1. The Morgan fingerprint density at radius 3 is 2.73 bits per heavy atom. The Hall–Kier alpha value is -0.120. The highest BCUT2D eigenvalue weighted by Crippen LogP contribution is 2.28. The molecule has 15 heavy (non-hydrogen) atoms. The first kappa shape index (κ1) is 12.9. The summed E-state index contributed by atoms with van der Waals surface area (Å²) in [7, 11) is 4.20. The molecular weight excluding hydrogens is 188 g/mol. The van der Waals surface area contributed by atoms with Gasteiger partial charge in [0.15, 0.2) is 0 Å². The molecule has 0 spiro atoms. The van der Waals surface area contributed by atoms with E-state index in [1.54, 1.807) is 0 Å². The summed E-state index contributed by atoms with van der Waals surface area (Å²) < 4.78 is 5.64. The highest BCUT2D eigenvalue weighted by molar-refractivity contribution is 4.72. The Morgan fingerprint density at radius 1 is 1.47 bits per heavy atom. The van der Waals surface area contributed by atoms with Crippen molar-refractivity contribution >= 4 is 0 Å². The lowest BCUT2D eigenvalue weighted by Gasteiger charge is -2.26. The molecule has 1 atom stereocenters. The van der Waals surface area contributed by atoms with Crippen molar-refractivity contribution in [2.24, 2.45) is 5.92 Å². The largest absolute Gasteiger partial charge is 0.380 e. The number of nitrogens with zero attached hydrogens (tertiary/aromatic N) is 1. The average Bonchev–Trinajstić information content (AvgIpc) is 3.04. The van der Waals surface area contributed by atoms with E-state index in [4.69, 9.17) is 4.74 Å². The van der Waals surface area contributed by atoms with Crippen LogP contribution in [0.1, 0.15) is 26.2 Å². The molecule has 0 radical (unpaired) electrons. The summed E-state index contributed by atoms with van der Waals surface area (Å²) in [5.41, 5.74) is 0. The first-order valence-corrected chi connectivity index (χ1v) is 6.20. The molecule has 1 aliphatic rings. The van der Waals surface area contributed by atoms with Gasteiger partial charge in [0.2, 0.25) is 0 Å². The maximum atomic E-state index is 5.64. The summed E-state index contributed by atoms with van der Waals surface area (Å²) in [6.45, 7) is 6.22. The van der Waals surface area contributed by atoms with Crippen molar-refractivity contribution in [3.8, 4) is 0 Å². The van der Waals surface area contributed by atoms with E-state index < -0.39 is 0 Å². The molecule has 0 aromatic heterocycles. The van der Waals surface area contributed by atoms with Crippen LogP contribution in [0.5, 0.6) is 0 Å². The average molecular weight is 214 g/mol. The molecule has 3 heteroatoms. The first-order valence-electron chi connectivity index (χ1n) is 6.20. The van der Waals surface area contributed by atoms with Crippen molar-refractivity contribution in [2.45, 2.75) is 32.2 Å². The van der Waals surface area contributed by atoms with Crippen LogP contribution in [-0.2, 0) is 4.74 Å². The molecule has 90 valence electrons. The zero-order valence-electron chi connectivity index (χ0n) is 10.5. The van der Waals surface area contributed by atoms with Gasteiger partial charge in [0.05, 0.1) is 6.61 Å². The van der Waals surface area contributed by atoms with Crippen LogP contribution < -0.4 is 5.32 Å². The Kier molecular flexibility index (Phi) is 6.22. The second-order valence-electron chi connectivity index (χ2n) is 4.62. The molecule has 0 heterocycles. The molecule has 1 aliphatic carbocycles. The lowest BCUT2D eigenvalue weighted by atomic mass is 10.2. The van der Waals surface area contributed by atoms with Gasteiger partial charge in [0, 0.05) is 25.7 Å². The number of likely N-dealkylation sites (N-methyl/N-ethyl adjacent to an activating group) is 2. The highest BCUT2D eigenvalue weighted by atomic mass is 16.5. The fourth-order valence-electron chi connectivity index (χ4n) is 1.77. The third-order valence-corrected chi connectivity index (χ3v) is 3.17. The van der Waals surface area contributed by atoms with Crippen molar-refractivity contribution in [3.05, 3.63) is 0 Å². The molecule has 3 nitrogen and oxygen atoms in total. The van der Waals surface area contributed by atoms with Crippen LogP contribution in [0, 0.1) is 5.92 Å². The summed E-state index contributed by atoms with van der Waals surface area (Å²) in [5, 5.41) is 3.24. The number of rotatable bonds is 9. The van der Waals surface area contributed by atoms with Gasteiger partial charge in [-0.3, -0.25) is 4.90 Å². The van der Waals surface area contributed by atoms with Gasteiger partial charge in [-0.2, -0.15) is 0 Å². The molecule has 0 aromatic rings. The maximum absolute atomic E-state index is 5.64. The van der Waals surface area contributed by atoms with Gasteiger partial charge in [-0.1, -0.05) is 6.92 Å². The van der Waals surface area contributed by atoms with E-state index >= 15 is 0 Å². The fourth-order valence-corrected chi connectivity index (χ4v) is 1.77. The molecule has 0 aliphatic heterocycles. The van der Waals surface area contributed by atoms with Gasteiger partial charge in [0.1, 0.15) is 0 Å². The van der Waals surface area contributed by atoms with Crippen LogP contribution in [0.25, 0.3) is 0 Å². The predicted molar refractivity (Wildman–Crippen MR) is 64.2 cm³/mol. The Labute approximate surface area is 94.2 Å². The van der Waals surface area contributed by atoms with E-state index in [1.807, 2.05) is 7.05 Å². The zero-order chi connectivity index (χ0) is 11.1. The quantitative estimate of drug-likeness (QED) is 0.586. The number of hydrogen-bond donors (Lipinski definition) is 1. The van der Waals surface area contributed by atoms with Crippen molar-refractivity contribution in [1.29, 1.82) is 0 Å². The summed E-state index contributed by atoms with van der Waals surface area (Å²) in [5.74, 6) is 0.884. The van der Waals surface area contributed by atoms with Gasteiger partial charge in [-0.25, -0.2) is 0 Å². The van der Waals surface area contributed by atoms with Crippen molar-refractivity contribution < 1.29 is 4.74 Å². The molecule has 0 bridgehead atoms. The van der Waals surface area contributed by atoms with E-state index in [1.165, 1.54) is 19.3 Å². The second-order valence-corrected chi connectivity index (χ2v) is 4.62. The Morgan fingerprint density at radius 2 is 2.20 bits per heavy atom. The fraction of sp³-hybridized carbons (Fsp3) is 1.00. The van der Waals surface area contributed by atoms with Gasteiger partial charge < -0.3 is 10.1 Å². The van der Waals surface area contributed by atoms with Gasteiger partial charge in [-0.05, 0) is 39.3 Å². The molecular formula is C12H26N2O. The minimum Gasteiger partial charge on any atom is -0.380 e. The van der Waals surface area contributed by atoms with Gasteiger partial charge in [-0.15, -0.1) is 0 Å². The molecule has 0 aromatic carbocycles. The van der Waals surface area contributed by atoms with Crippen LogP contribution in [0.15, 0.2) is 0 Å². The van der Waals surface area contributed by atoms with Gasteiger partial charge in [0.25, 0.3) is 0 Å². The lowest BCUT2D eigenvalue weighted by Crippen LogP contribution is -2.40. The van der Waals surface area contributed by atoms with Crippen molar-refractivity contribution in [2.75, 3.05) is 40.4 Å². The maximum Gasteiger partial charge on any atom is 0.0593 e. The summed E-state index contributed by atoms with van der Waals surface area (Å²) in [6.07, 6.45) is 3.96. The normalized spacial score (nSPS) is 18.4. The lowest BCUT2D eigenvalue weighted by molar-refractivity contribution is 0.0906. The summed E-state index contributed by atoms with van der Waals surface area (Å²) >= 11 is 0. The predicted octanol–water partition coefficient (Wildman–Crippen LogP) is 1.34. The zero-order valence-corrected chi connectivity index (χ0v) is 10.5. The molecule has 0 amide bonds.